The highest BCUT2D eigenvalue weighted by Crippen LogP contribution is 2.08. The fraction of sp³-hybridized carbons (Fsp3) is 0.429. The van der Waals surface area contributed by atoms with Gasteiger partial charge in [0.2, 0.25) is 5.91 Å². The normalized spacial score (nSPS) is 11.9. The van der Waals surface area contributed by atoms with Gasteiger partial charge < -0.3 is 5.32 Å². The Morgan fingerprint density at radius 1 is 1.39 bits per heavy atom. The minimum absolute atomic E-state index is 0.0341. The fourth-order valence-electron chi connectivity index (χ4n) is 1.54. The topological polar surface area (TPSA) is 29.1 Å². The molecule has 0 aromatic heterocycles. The Morgan fingerprint density at radius 2 is 2.06 bits per heavy atom. The van der Waals surface area contributed by atoms with Crippen LogP contribution in [0.3, 0.4) is 0 Å². The highest BCUT2D eigenvalue weighted by Gasteiger charge is 2.11. The lowest BCUT2D eigenvalue weighted by Crippen LogP contribution is -2.36. The molecule has 1 aromatic rings. The molecule has 0 saturated heterocycles. The fourth-order valence-corrected chi connectivity index (χ4v) is 2.55. The average molecular weight is 281 g/mol. The molecular formula is C14H19NOS2. The molecule has 1 amide bonds. The number of hydrogen-bond acceptors (Lipinski definition) is 3. The van der Waals surface area contributed by atoms with Gasteiger partial charge in [-0.3, -0.25) is 4.79 Å². The van der Waals surface area contributed by atoms with E-state index in [4.69, 9.17) is 12.2 Å². The van der Waals surface area contributed by atoms with E-state index in [1.807, 2.05) is 37.3 Å². The predicted octanol–water partition coefficient (Wildman–Crippen LogP) is 3.20. The second-order valence-electron chi connectivity index (χ2n) is 4.03. The zero-order valence-corrected chi connectivity index (χ0v) is 12.4. The Hall–Kier alpha value is -0.870. The van der Waals surface area contributed by atoms with Crippen molar-refractivity contribution in [3.8, 4) is 0 Å². The number of nitrogens with one attached hydrogen (secondary N) is 1. The molecule has 0 bridgehead atoms. The first-order chi connectivity index (χ1) is 8.63. The van der Waals surface area contributed by atoms with Gasteiger partial charge >= 0.3 is 0 Å². The van der Waals surface area contributed by atoms with Crippen molar-refractivity contribution in [1.29, 1.82) is 0 Å². The van der Waals surface area contributed by atoms with E-state index in [-0.39, 0.29) is 11.9 Å². The van der Waals surface area contributed by atoms with Crippen molar-refractivity contribution in [2.45, 2.75) is 32.7 Å². The molecule has 1 aromatic carbocycles. The van der Waals surface area contributed by atoms with Crippen molar-refractivity contribution in [1.82, 2.24) is 5.32 Å². The quantitative estimate of drug-likeness (QED) is 0.812. The zero-order chi connectivity index (χ0) is 13.4. The molecule has 1 N–H and O–H groups in total. The molecule has 0 unspecified atom stereocenters. The molecule has 0 aliphatic heterocycles. The van der Waals surface area contributed by atoms with Crippen LogP contribution in [0.15, 0.2) is 30.3 Å². The maximum atomic E-state index is 11.8. The number of carbonyl (C=O) groups is 1. The van der Waals surface area contributed by atoms with E-state index in [0.717, 1.165) is 16.4 Å². The lowest BCUT2D eigenvalue weighted by molar-refractivity contribution is -0.121. The van der Waals surface area contributed by atoms with E-state index in [1.165, 1.54) is 5.56 Å². The van der Waals surface area contributed by atoms with Crippen molar-refractivity contribution in [3.05, 3.63) is 35.9 Å². The number of amides is 1. The molecule has 2 nitrogen and oxygen atoms in total. The van der Waals surface area contributed by atoms with E-state index in [9.17, 15) is 4.79 Å². The highest BCUT2D eigenvalue weighted by molar-refractivity contribution is 8.23. The lowest BCUT2D eigenvalue weighted by Gasteiger charge is -2.14. The minimum atomic E-state index is -0.0341. The van der Waals surface area contributed by atoms with E-state index in [2.05, 4.69) is 12.2 Å². The monoisotopic (exact) mass is 281 g/mol. The Labute approximate surface area is 119 Å². The summed E-state index contributed by atoms with van der Waals surface area (Å²) in [4.78, 5) is 11.8. The Balaban J connectivity index is 2.31. The lowest BCUT2D eigenvalue weighted by atomic mass is 10.1. The summed E-state index contributed by atoms with van der Waals surface area (Å²) in [6, 6.07) is 9.99. The van der Waals surface area contributed by atoms with Gasteiger partial charge in [-0.1, -0.05) is 49.5 Å². The number of carbonyl (C=O) groups excluding carboxylic acids is 1. The molecule has 0 saturated carbocycles. The molecule has 18 heavy (non-hydrogen) atoms. The van der Waals surface area contributed by atoms with Gasteiger partial charge in [-0.15, -0.1) is 11.8 Å². The summed E-state index contributed by atoms with van der Waals surface area (Å²) in [5.74, 6) is 1.01. The summed E-state index contributed by atoms with van der Waals surface area (Å²) >= 11 is 6.83. The average Bonchev–Trinajstić information content (AvgIpc) is 2.38. The zero-order valence-electron chi connectivity index (χ0n) is 10.8. The van der Waals surface area contributed by atoms with E-state index in [1.54, 1.807) is 11.8 Å². The molecule has 1 rings (SSSR count). The standard InChI is InChI=1S/C14H19NOS2/c1-3-18-14(17)11(2)15-13(16)10-9-12-7-5-4-6-8-12/h4-8,11H,3,9-10H2,1-2H3,(H,15,16)/t11-/m1/s1. The van der Waals surface area contributed by atoms with Crippen LogP contribution >= 0.6 is 24.0 Å². The Morgan fingerprint density at radius 3 is 2.67 bits per heavy atom. The van der Waals surface area contributed by atoms with Crippen LogP contribution in [0.25, 0.3) is 0 Å². The molecule has 0 heterocycles. The van der Waals surface area contributed by atoms with Crippen LogP contribution < -0.4 is 5.32 Å². The first-order valence-electron chi connectivity index (χ1n) is 6.13. The predicted molar refractivity (Wildman–Crippen MR) is 83.1 cm³/mol. The smallest absolute Gasteiger partial charge is 0.220 e. The van der Waals surface area contributed by atoms with Gasteiger partial charge in [0, 0.05) is 6.42 Å². The van der Waals surface area contributed by atoms with E-state index in [0.29, 0.717) is 6.42 Å². The molecule has 98 valence electrons. The van der Waals surface area contributed by atoms with Gasteiger partial charge in [0.15, 0.2) is 0 Å². The summed E-state index contributed by atoms with van der Waals surface area (Å²) in [6.07, 6.45) is 1.28. The van der Waals surface area contributed by atoms with Crippen molar-refractivity contribution >= 4 is 34.1 Å². The molecule has 0 fully saturated rings. The number of aryl methyl sites for hydroxylation is 1. The summed E-state index contributed by atoms with van der Waals surface area (Å²) in [5, 5.41) is 2.93. The third-order valence-corrected chi connectivity index (χ3v) is 4.14. The molecule has 4 heteroatoms. The minimum Gasteiger partial charge on any atom is -0.348 e. The summed E-state index contributed by atoms with van der Waals surface area (Å²) < 4.78 is 0.852. The largest absolute Gasteiger partial charge is 0.348 e. The second kappa shape index (κ2) is 8.27. The number of hydrogen-bond donors (Lipinski definition) is 1. The highest BCUT2D eigenvalue weighted by atomic mass is 32.2. The van der Waals surface area contributed by atoms with Crippen LogP contribution in [0.1, 0.15) is 25.8 Å². The maximum absolute atomic E-state index is 11.8. The SMILES string of the molecule is CCSC(=S)[C@@H](C)NC(=O)CCc1ccccc1. The Bertz CT molecular complexity index is 392. The van der Waals surface area contributed by atoms with Crippen LogP contribution in [-0.4, -0.2) is 21.9 Å². The molecule has 0 radical (unpaired) electrons. The third kappa shape index (κ3) is 5.65. The van der Waals surface area contributed by atoms with Crippen LogP contribution in [0.4, 0.5) is 0 Å². The van der Waals surface area contributed by atoms with Crippen LogP contribution in [0.2, 0.25) is 0 Å². The first kappa shape index (κ1) is 15.2. The molecular weight excluding hydrogens is 262 g/mol. The number of benzene rings is 1. The maximum Gasteiger partial charge on any atom is 0.220 e. The molecule has 0 aliphatic rings. The summed E-state index contributed by atoms with van der Waals surface area (Å²) in [5.41, 5.74) is 1.19. The number of thioether (sulfide) groups is 1. The summed E-state index contributed by atoms with van der Waals surface area (Å²) in [7, 11) is 0. The molecule has 0 spiro atoms. The molecule has 0 aliphatic carbocycles. The van der Waals surface area contributed by atoms with Crippen LogP contribution in [-0.2, 0) is 11.2 Å². The van der Waals surface area contributed by atoms with E-state index >= 15 is 0 Å². The number of rotatable bonds is 6. The van der Waals surface area contributed by atoms with Gasteiger partial charge in [-0.05, 0) is 24.7 Å². The van der Waals surface area contributed by atoms with Crippen molar-refractivity contribution in [2.75, 3.05) is 5.75 Å². The van der Waals surface area contributed by atoms with Gasteiger partial charge in [-0.25, -0.2) is 0 Å². The Kier molecular flexibility index (Phi) is 6.98. The number of thiocarbonyl (C=S) groups is 1. The third-order valence-electron chi connectivity index (χ3n) is 2.50. The van der Waals surface area contributed by atoms with Gasteiger partial charge in [0.1, 0.15) is 0 Å². The second-order valence-corrected chi connectivity index (χ2v) is 6.03. The van der Waals surface area contributed by atoms with E-state index < -0.39 is 0 Å². The molecule has 1 atom stereocenters. The van der Waals surface area contributed by atoms with Gasteiger partial charge in [0.05, 0.1) is 10.2 Å². The van der Waals surface area contributed by atoms with Gasteiger partial charge in [0.25, 0.3) is 0 Å². The van der Waals surface area contributed by atoms with Crippen molar-refractivity contribution in [3.63, 3.8) is 0 Å². The van der Waals surface area contributed by atoms with Crippen LogP contribution in [0.5, 0.6) is 0 Å². The first-order valence-corrected chi connectivity index (χ1v) is 7.52. The summed E-state index contributed by atoms with van der Waals surface area (Å²) in [6.45, 7) is 3.99. The van der Waals surface area contributed by atoms with Crippen molar-refractivity contribution < 1.29 is 4.79 Å². The van der Waals surface area contributed by atoms with Crippen LogP contribution in [0, 0.1) is 0 Å². The van der Waals surface area contributed by atoms with Crippen molar-refractivity contribution in [2.24, 2.45) is 0 Å². The van der Waals surface area contributed by atoms with Gasteiger partial charge in [-0.2, -0.15) is 0 Å².